The van der Waals surface area contributed by atoms with E-state index in [4.69, 9.17) is 4.74 Å². The van der Waals surface area contributed by atoms with Crippen LogP contribution in [0.25, 0.3) is 0 Å². The van der Waals surface area contributed by atoms with Gasteiger partial charge in [-0.3, -0.25) is 4.79 Å². The Morgan fingerprint density at radius 1 is 1.00 bits per heavy atom. The molecule has 0 bridgehead atoms. The predicted molar refractivity (Wildman–Crippen MR) is 88.8 cm³/mol. The van der Waals surface area contributed by atoms with E-state index in [-0.39, 0.29) is 11.8 Å². The minimum absolute atomic E-state index is 0.0359. The first kappa shape index (κ1) is 16.1. The fourth-order valence-electron chi connectivity index (χ4n) is 2.03. The van der Waals surface area contributed by atoms with Gasteiger partial charge < -0.3 is 10.1 Å². The second-order valence-corrected chi connectivity index (χ2v) is 5.61. The molecule has 0 aliphatic carbocycles. The highest BCUT2D eigenvalue weighted by Crippen LogP contribution is 2.14. The van der Waals surface area contributed by atoms with Crippen LogP contribution in [0.5, 0.6) is 5.75 Å². The van der Waals surface area contributed by atoms with Gasteiger partial charge in [0.15, 0.2) is 0 Å². The molecule has 1 N–H and O–H groups in total. The maximum Gasteiger partial charge on any atom is 0.222 e. The van der Waals surface area contributed by atoms with E-state index in [9.17, 15) is 4.79 Å². The number of carbonyl (C=O) groups is 1. The summed E-state index contributed by atoms with van der Waals surface area (Å²) in [4.78, 5) is 11.5. The second kappa shape index (κ2) is 8.23. The van der Waals surface area contributed by atoms with E-state index in [2.05, 4.69) is 5.32 Å². The first-order valence-corrected chi connectivity index (χ1v) is 7.68. The molecule has 2 aromatic carbocycles. The van der Waals surface area contributed by atoms with E-state index in [0.717, 1.165) is 17.7 Å². The van der Waals surface area contributed by atoms with Gasteiger partial charge in [0, 0.05) is 12.5 Å². The molecule has 0 aliphatic heterocycles. The van der Waals surface area contributed by atoms with E-state index in [1.807, 2.05) is 68.4 Å². The summed E-state index contributed by atoms with van der Waals surface area (Å²) in [5.74, 6) is 0.996. The summed E-state index contributed by atoms with van der Waals surface area (Å²) < 4.78 is 5.75. The van der Waals surface area contributed by atoms with Gasteiger partial charge in [0.1, 0.15) is 12.4 Å². The highest BCUT2D eigenvalue weighted by Gasteiger charge is 2.05. The number of amides is 1. The van der Waals surface area contributed by atoms with Gasteiger partial charge >= 0.3 is 0 Å². The number of carbonyl (C=O) groups excluding carboxylic acids is 1. The lowest BCUT2D eigenvalue weighted by molar-refractivity contribution is -0.123. The molecule has 0 radical (unpaired) electrons. The highest BCUT2D eigenvalue weighted by atomic mass is 16.5. The number of ether oxygens (including phenoxy) is 1. The first-order chi connectivity index (χ1) is 10.6. The Kier molecular flexibility index (Phi) is 6.01. The normalized spacial score (nSPS) is 10.5. The van der Waals surface area contributed by atoms with Gasteiger partial charge in [0.05, 0.1) is 0 Å². The van der Waals surface area contributed by atoms with Gasteiger partial charge in [-0.25, -0.2) is 0 Å². The summed E-state index contributed by atoms with van der Waals surface area (Å²) in [6.07, 6.45) is 0.831. The Morgan fingerprint density at radius 3 is 2.32 bits per heavy atom. The summed E-state index contributed by atoms with van der Waals surface area (Å²) >= 11 is 0. The number of nitrogens with one attached hydrogen (secondary N) is 1. The molecular weight excluding hydrogens is 274 g/mol. The molecule has 3 nitrogen and oxygen atoms in total. The van der Waals surface area contributed by atoms with Crippen molar-refractivity contribution in [3.8, 4) is 5.75 Å². The van der Waals surface area contributed by atoms with Crippen molar-refractivity contribution in [1.29, 1.82) is 0 Å². The highest BCUT2D eigenvalue weighted by molar-refractivity contribution is 5.77. The maximum atomic E-state index is 11.5. The van der Waals surface area contributed by atoms with Gasteiger partial charge in [0.2, 0.25) is 5.91 Å². The van der Waals surface area contributed by atoms with E-state index in [1.54, 1.807) is 0 Å². The van der Waals surface area contributed by atoms with Crippen molar-refractivity contribution in [2.24, 2.45) is 5.92 Å². The Balaban J connectivity index is 1.77. The maximum absolute atomic E-state index is 11.5. The lowest BCUT2D eigenvalue weighted by Gasteiger charge is -2.09. The molecular formula is C19H23NO2. The SMILES string of the molecule is CC(C)C(=O)NCCc1ccc(OCc2ccccc2)cc1. The smallest absolute Gasteiger partial charge is 0.222 e. The van der Waals surface area contributed by atoms with Crippen LogP contribution in [0, 0.1) is 5.92 Å². The Hall–Kier alpha value is -2.29. The molecule has 0 unspecified atom stereocenters. The zero-order valence-electron chi connectivity index (χ0n) is 13.2. The third kappa shape index (κ3) is 5.24. The van der Waals surface area contributed by atoms with E-state index >= 15 is 0 Å². The van der Waals surface area contributed by atoms with Crippen molar-refractivity contribution in [2.75, 3.05) is 6.54 Å². The molecule has 0 saturated carbocycles. The molecule has 116 valence electrons. The molecule has 0 saturated heterocycles. The molecule has 0 heterocycles. The molecule has 3 heteroatoms. The zero-order chi connectivity index (χ0) is 15.8. The molecule has 2 aromatic rings. The quantitative estimate of drug-likeness (QED) is 0.848. The number of hydrogen-bond acceptors (Lipinski definition) is 2. The third-order valence-electron chi connectivity index (χ3n) is 3.41. The van der Waals surface area contributed by atoms with Crippen LogP contribution >= 0.6 is 0 Å². The van der Waals surface area contributed by atoms with Crippen molar-refractivity contribution >= 4 is 5.91 Å². The van der Waals surface area contributed by atoms with Crippen molar-refractivity contribution < 1.29 is 9.53 Å². The minimum atomic E-state index is 0.0359. The van der Waals surface area contributed by atoms with Crippen LogP contribution in [-0.4, -0.2) is 12.5 Å². The van der Waals surface area contributed by atoms with Crippen molar-refractivity contribution in [3.05, 3.63) is 65.7 Å². The number of benzene rings is 2. The summed E-state index contributed by atoms with van der Waals surface area (Å²) in [6.45, 7) is 5.04. The van der Waals surface area contributed by atoms with Gasteiger partial charge in [-0.15, -0.1) is 0 Å². The molecule has 0 aromatic heterocycles. The summed E-state index contributed by atoms with van der Waals surface area (Å²) in [6, 6.07) is 18.1. The summed E-state index contributed by atoms with van der Waals surface area (Å²) in [5, 5.41) is 2.92. The van der Waals surface area contributed by atoms with Crippen molar-refractivity contribution in [3.63, 3.8) is 0 Å². The summed E-state index contributed by atoms with van der Waals surface area (Å²) in [7, 11) is 0. The average Bonchev–Trinajstić information content (AvgIpc) is 2.55. The Bertz CT molecular complexity index is 576. The molecule has 1 amide bonds. The predicted octanol–water partition coefficient (Wildman–Crippen LogP) is 3.58. The second-order valence-electron chi connectivity index (χ2n) is 5.61. The Morgan fingerprint density at radius 2 is 1.68 bits per heavy atom. The monoisotopic (exact) mass is 297 g/mol. The van der Waals surface area contributed by atoms with E-state index in [0.29, 0.717) is 13.2 Å². The average molecular weight is 297 g/mol. The van der Waals surface area contributed by atoms with Crippen LogP contribution in [0.4, 0.5) is 0 Å². The molecule has 0 fully saturated rings. The van der Waals surface area contributed by atoms with Crippen LogP contribution in [0.2, 0.25) is 0 Å². The topological polar surface area (TPSA) is 38.3 Å². The van der Waals surface area contributed by atoms with Crippen LogP contribution in [-0.2, 0) is 17.8 Å². The van der Waals surface area contributed by atoms with Crippen molar-refractivity contribution in [2.45, 2.75) is 26.9 Å². The standard InChI is InChI=1S/C19H23NO2/c1-15(2)19(21)20-13-12-16-8-10-18(11-9-16)22-14-17-6-4-3-5-7-17/h3-11,15H,12-14H2,1-2H3,(H,20,21). The molecule has 0 atom stereocenters. The van der Waals surface area contributed by atoms with Crippen molar-refractivity contribution in [1.82, 2.24) is 5.32 Å². The number of hydrogen-bond donors (Lipinski definition) is 1. The lowest BCUT2D eigenvalue weighted by atomic mass is 10.1. The van der Waals surface area contributed by atoms with Gasteiger partial charge in [0.25, 0.3) is 0 Å². The molecule has 2 rings (SSSR count). The zero-order valence-corrected chi connectivity index (χ0v) is 13.2. The fraction of sp³-hybridized carbons (Fsp3) is 0.316. The van der Waals surface area contributed by atoms with E-state index in [1.165, 1.54) is 5.56 Å². The molecule has 22 heavy (non-hydrogen) atoms. The van der Waals surface area contributed by atoms with Gasteiger partial charge in [-0.1, -0.05) is 56.3 Å². The van der Waals surface area contributed by atoms with E-state index < -0.39 is 0 Å². The van der Waals surface area contributed by atoms with Gasteiger partial charge in [-0.05, 0) is 29.7 Å². The molecule has 0 aliphatic rings. The summed E-state index contributed by atoms with van der Waals surface area (Å²) in [5.41, 5.74) is 2.35. The largest absolute Gasteiger partial charge is 0.489 e. The third-order valence-corrected chi connectivity index (χ3v) is 3.41. The lowest BCUT2D eigenvalue weighted by Crippen LogP contribution is -2.29. The first-order valence-electron chi connectivity index (χ1n) is 7.68. The van der Waals surface area contributed by atoms with Gasteiger partial charge in [-0.2, -0.15) is 0 Å². The fourth-order valence-corrected chi connectivity index (χ4v) is 2.03. The van der Waals surface area contributed by atoms with Crippen LogP contribution in [0.15, 0.2) is 54.6 Å². The minimum Gasteiger partial charge on any atom is -0.489 e. The molecule has 0 spiro atoms. The van der Waals surface area contributed by atoms with Crippen LogP contribution in [0.1, 0.15) is 25.0 Å². The number of rotatable bonds is 7. The Labute approximate surface area is 132 Å². The van der Waals surface area contributed by atoms with Crippen LogP contribution in [0.3, 0.4) is 0 Å². The van der Waals surface area contributed by atoms with Crippen LogP contribution < -0.4 is 10.1 Å².